The number of anilines is 1. The van der Waals surface area contributed by atoms with Gasteiger partial charge < -0.3 is 9.47 Å². The number of nitrogens with zero attached hydrogens (tertiary/aromatic N) is 3. The van der Waals surface area contributed by atoms with Crippen molar-refractivity contribution in [2.24, 2.45) is 5.10 Å². The Balaban J connectivity index is 1.48. The van der Waals surface area contributed by atoms with Crippen LogP contribution in [0.5, 0.6) is 0 Å². The summed E-state index contributed by atoms with van der Waals surface area (Å²) in [5.41, 5.74) is 7.95. The molecule has 1 amide bonds. The molecule has 1 atom stereocenters. The predicted molar refractivity (Wildman–Crippen MR) is 127 cm³/mol. The van der Waals surface area contributed by atoms with Gasteiger partial charge in [-0.15, -0.1) is 0 Å². The molecule has 1 aliphatic heterocycles. The van der Waals surface area contributed by atoms with E-state index in [2.05, 4.69) is 61.3 Å². The second-order valence-electron chi connectivity index (χ2n) is 8.82. The first-order valence-corrected chi connectivity index (χ1v) is 10.9. The van der Waals surface area contributed by atoms with Crippen LogP contribution in [0.1, 0.15) is 61.5 Å². The summed E-state index contributed by atoms with van der Waals surface area (Å²) < 4.78 is 1.97. The van der Waals surface area contributed by atoms with Gasteiger partial charge in [-0.1, -0.05) is 19.1 Å². The monoisotopic (exact) mass is 414 g/mol. The fourth-order valence-electron chi connectivity index (χ4n) is 4.73. The Bertz CT molecular complexity index is 1100. The number of rotatable bonds is 5. The molecule has 4 rings (SSSR count). The summed E-state index contributed by atoms with van der Waals surface area (Å²) in [6.45, 7) is 10.1. The van der Waals surface area contributed by atoms with E-state index in [1.54, 1.807) is 12.3 Å². The molecule has 0 saturated carbocycles. The van der Waals surface area contributed by atoms with E-state index in [0.717, 1.165) is 24.2 Å². The second kappa shape index (κ2) is 8.42. The van der Waals surface area contributed by atoms with E-state index in [-0.39, 0.29) is 11.4 Å². The first-order valence-electron chi connectivity index (χ1n) is 10.9. The Morgan fingerprint density at radius 2 is 1.94 bits per heavy atom. The molecule has 1 N–H and O–H groups in total. The van der Waals surface area contributed by atoms with E-state index in [1.165, 1.54) is 11.3 Å². The van der Waals surface area contributed by atoms with Crippen LogP contribution < -0.4 is 10.3 Å². The minimum Gasteiger partial charge on any atom is -0.366 e. The van der Waals surface area contributed by atoms with Crippen molar-refractivity contribution in [3.8, 4) is 5.69 Å². The van der Waals surface area contributed by atoms with Gasteiger partial charge in [-0.2, -0.15) is 5.10 Å². The van der Waals surface area contributed by atoms with Gasteiger partial charge in [0, 0.05) is 41.4 Å². The molecule has 0 aliphatic carbocycles. The molecule has 31 heavy (non-hydrogen) atoms. The lowest BCUT2D eigenvalue weighted by molar-refractivity contribution is 0.0955. The zero-order valence-corrected chi connectivity index (χ0v) is 18.7. The summed E-state index contributed by atoms with van der Waals surface area (Å²) in [5.74, 6) is 0.252. The van der Waals surface area contributed by atoms with Gasteiger partial charge in [-0.3, -0.25) is 4.79 Å². The summed E-state index contributed by atoms with van der Waals surface area (Å²) in [6, 6.07) is 17.8. The fraction of sp³-hybridized carbons (Fsp3) is 0.308. The Labute approximate surface area is 184 Å². The third kappa shape index (κ3) is 4.26. The van der Waals surface area contributed by atoms with Crippen molar-refractivity contribution >= 4 is 17.8 Å². The van der Waals surface area contributed by atoms with Crippen molar-refractivity contribution in [1.82, 2.24) is 9.99 Å². The molecule has 160 valence electrons. The first kappa shape index (κ1) is 20.9. The maximum Gasteiger partial charge on any atom is 0.271 e. The van der Waals surface area contributed by atoms with Crippen LogP contribution >= 0.6 is 0 Å². The molecule has 0 bridgehead atoms. The molecule has 5 heteroatoms. The SMILES string of the molecule is CCN1c2ccc(/C=N/NC(=O)c3cccc(-n4cccc4)c3)cc2C(C)CC1(C)C. The van der Waals surface area contributed by atoms with Crippen molar-refractivity contribution in [2.75, 3.05) is 11.4 Å². The van der Waals surface area contributed by atoms with Gasteiger partial charge in [0.25, 0.3) is 5.91 Å². The fourth-order valence-corrected chi connectivity index (χ4v) is 4.73. The van der Waals surface area contributed by atoms with Crippen molar-refractivity contribution in [2.45, 2.75) is 45.6 Å². The Morgan fingerprint density at radius 1 is 1.16 bits per heavy atom. The third-order valence-corrected chi connectivity index (χ3v) is 6.12. The minimum absolute atomic E-state index is 0.153. The third-order valence-electron chi connectivity index (χ3n) is 6.12. The van der Waals surface area contributed by atoms with Crippen molar-refractivity contribution in [3.05, 3.63) is 83.7 Å². The van der Waals surface area contributed by atoms with Gasteiger partial charge in [0.05, 0.1) is 6.21 Å². The maximum atomic E-state index is 12.6. The Morgan fingerprint density at radius 3 is 2.68 bits per heavy atom. The van der Waals surface area contributed by atoms with Crippen LogP contribution in [0.2, 0.25) is 0 Å². The summed E-state index contributed by atoms with van der Waals surface area (Å²) >= 11 is 0. The molecule has 1 unspecified atom stereocenters. The number of hydrazone groups is 1. The normalized spacial score (nSPS) is 17.5. The molecular formula is C26H30N4O. The quantitative estimate of drug-likeness (QED) is 0.452. The van der Waals surface area contributed by atoms with Crippen LogP contribution in [0.25, 0.3) is 5.69 Å². The molecule has 5 nitrogen and oxygen atoms in total. The number of benzene rings is 2. The van der Waals surface area contributed by atoms with E-state index < -0.39 is 0 Å². The highest BCUT2D eigenvalue weighted by Gasteiger charge is 2.35. The topological polar surface area (TPSA) is 49.6 Å². The number of nitrogens with one attached hydrogen (secondary N) is 1. The standard InChI is InChI=1S/C26H30N4O/c1-5-30-24-12-11-20(15-23(24)19(2)17-26(30,3)4)18-27-28-25(31)21-9-8-10-22(16-21)29-13-6-7-14-29/h6-16,18-19H,5,17H2,1-4H3,(H,28,31)/b27-18+. The summed E-state index contributed by atoms with van der Waals surface area (Å²) in [4.78, 5) is 15.0. The van der Waals surface area contributed by atoms with Crippen molar-refractivity contribution in [3.63, 3.8) is 0 Å². The van der Waals surface area contributed by atoms with Crippen LogP contribution in [0.3, 0.4) is 0 Å². The number of hydrogen-bond donors (Lipinski definition) is 1. The van der Waals surface area contributed by atoms with Crippen molar-refractivity contribution < 1.29 is 4.79 Å². The van der Waals surface area contributed by atoms with E-state index >= 15 is 0 Å². The summed E-state index contributed by atoms with van der Waals surface area (Å²) in [7, 11) is 0. The molecule has 0 saturated heterocycles. The first-order chi connectivity index (χ1) is 14.9. The smallest absolute Gasteiger partial charge is 0.271 e. The Hall–Kier alpha value is -3.34. The molecule has 3 aromatic rings. The molecule has 1 aliphatic rings. The molecule has 0 fully saturated rings. The number of fused-ring (bicyclic) bond motifs is 1. The molecule has 0 radical (unpaired) electrons. The molecule has 2 aromatic carbocycles. The summed E-state index contributed by atoms with van der Waals surface area (Å²) in [6.07, 6.45) is 6.74. The molecule has 1 aromatic heterocycles. The number of hydrogen-bond acceptors (Lipinski definition) is 3. The highest BCUT2D eigenvalue weighted by molar-refractivity contribution is 5.95. The molecular weight excluding hydrogens is 384 g/mol. The van der Waals surface area contributed by atoms with Gasteiger partial charge in [0.15, 0.2) is 0 Å². The highest BCUT2D eigenvalue weighted by atomic mass is 16.2. The van der Waals surface area contributed by atoms with E-state index in [9.17, 15) is 4.79 Å². The summed E-state index contributed by atoms with van der Waals surface area (Å²) in [5, 5.41) is 4.21. The van der Waals surface area contributed by atoms with Gasteiger partial charge in [-0.25, -0.2) is 5.43 Å². The van der Waals surface area contributed by atoms with Crippen LogP contribution in [-0.2, 0) is 0 Å². The van der Waals surface area contributed by atoms with Crippen LogP contribution in [-0.4, -0.2) is 28.8 Å². The lowest BCUT2D eigenvalue weighted by Gasteiger charge is -2.47. The molecule has 2 heterocycles. The lowest BCUT2D eigenvalue weighted by atomic mass is 9.79. The number of carbonyl (C=O) groups is 1. The van der Waals surface area contributed by atoms with E-state index in [0.29, 0.717) is 11.5 Å². The second-order valence-corrected chi connectivity index (χ2v) is 8.82. The van der Waals surface area contributed by atoms with E-state index in [1.807, 2.05) is 47.3 Å². The zero-order chi connectivity index (χ0) is 22.0. The predicted octanol–water partition coefficient (Wildman–Crippen LogP) is 5.35. The average Bonchev–Trinajstić information content (AvgIpc) is 3.29. The average molecular weight is 415 g/mol. The van der Waals surface area contributed by atoms with Gasteiger partial charge in [-0.05, 0) is 86.7 Å². The van der Waals surface area contributed by atoms with Crippen LogP contribution in [0.15, 0.2) is 72.1 Å². The zero-order valence-electron chi connectivity index (χ0n) is 18.7. The van der Waals surface area contributed by atoms with Gasteiger partial charge in [0.2, 0.25) is 0 Å². The maximum absolute atomic E-state index is 12.6. The van der Waals surface area contributed by atoms with Gasteiger partial charge in [0.1, 0.15) is 0 Å². The van der Waals surface area contributed by atoms with Crippen LogP contribution in [0.4, 0.5) is 5.69 Å². The Kier molecular flexibility index (Phi) is 5.68. The van der Waals surface area contributed by atoms with E-state index in [4.69, 9.17) is 0 Å². The van der Waals surface area contributed by atoms with Crippen LogP contribution in [0, 0.1) is 0 Å². The number of amides is 1. The largest absolute Gasteiger partial charge is 0.366 e. The van der Waals surface area contributed by atoms with Gasteiger partial charge >= 0.3 is 0 Å². The number of aromatic nitrogens is 1. The molecule has 0 spiro atoms. The van der Waals surface area contributed by atoms with Crippen molar-refractivity contribution in [1.29, 1.82) is 0 Å². The lowest BCUT2D eigenvalue weighted by Crippen LogP contribution is -2.48. The highest BCUT2D eigenvalue weighted by Crippen LogP contribution is 2.43. The minimum atomic E-state index is -0.226. The number of carbonyl (C=O) groups excluding carboxylic acids is 1.